The van der Waals surface area contributed by atoms with Crippen LogP contribution in [0.5, 0.6) is 5.75 Å². The van der Waals surface area contributed by atoms with Crippen LogP contribution in [-0.2, 0) is 17.9 Å². The summed E-state index contributed by atoms with van der Waals surface area (Å²) in [7, 11) is 0. The number of carbonyl (C=O) groups excluding carboxylic acids is 1. The average molecular weight is 652 g/mol. The van der Waals surface area contributed by atoms with E-state index >= 15 is 0 Å². The fourth-order valence-electron chi connectivity index (χ4n) is 2.73. The number of halogens is 3. The molecule has 3 aromatic rings. The molecule has 0 fully saturated rings. The molecule has 4 nitrogen and oxygen atoms in total. The maximum Gasteiger partial charge on any atom is 0.262 e. The summed E-state index contributed by atoms with van der Waals surface area (Å²) in [5.41, 5.74) is 2.76. The van der Waals surface area contributed by atoms with E-state index in [2.05, 4.69) is 59.8 Å². The molecule has 0 heterocycles. The first-order chi connectivity index (χ1) is 15.0. The third kappa shape index (κ3) is 6.92. The van der Waals surface area contributed by atoms with Gasteiger partial charge in [-0.1, -0.05) is 42.5 Å². The first kappa shape index (κ1) is 23.5. The maximum absolute atomic E-state index is 12.4. The van der Waals surface area contributed by atoms with Crippen LogP contribution < -0.4 is 10.1 Å². The van der Waals surface area contributed by atoms with Gasteiger partial charge in [0.15, 0.2) is 0 Å². The van der Waals surface area contributed by atoms with Gasteiger partial charge in [-0.2, -0.15) is 5.26 Å². The van der Waals surface area contributed by atoms with E-state index in [0.717, 1.165) is 20.1 Å². The molecule has 31 heavy (non-hydrogen) atoms. The molecule has 3 aromatic carbocycles. The number of benzene rings is 3. The number of ether oxygens (including phenoxy) is 1. The highest BCUT2D eigenvalue weighted by atomic mass is 127. The van der Waals surface area contributed by atoms with E-state index in [9.17, 15) is 10.1 Å². The SMILES string of the molecule is N#C/C(=C/c1cc(Br)c(OCc2ccc(I)cc2)c(Br)c1)C(=O)NCc1ccccc1. The second-order valence-corrected chi connectivity index (χ2v) is 9.52. The normalized spacial score (nSPS) is 11.0. The Morgan fingerprint density at radius 1 is 1.03 bits per heavy atom. The molecule has 0 radical (unpaired) electrons. The van der Waals surface area contributed by atoms with Gasteiger partial charge >= 0.3 is 0 Å². The molecule has 1 N–H and O–H groups in total. The Hall–Kier alpha value is -2.15. The summed E-state index contributed by atoms with van der Waals surface area (Å²) in [4.78, 5) is 12.4. The van der Waals surface area contributed by atoms with E-state index in [4.69, 9.17) is 4.74 Å². The molecule has 1 amide bonds. The Morgan fingerprint density at radius 2 is 1.68 bits per heavy atom. The number of hydrogen-bond donors (Lipinski definition) is 1. The molecule has 0 saturated heterocycles. The van der Waals surface area contributed by atoms with Crippen LogP contribution in [0.1, 0.15) is 16.7 Å². The van der Waals surface area contributed by atoms with Crippen LogP contribution in [0.15, 0.2) is 81.2 Å². The molecule has 0 bridgehead atoms. The third-order valence-corrected chi connectivity index (χ3v) is 6.19. The Morgan fingerprint density at radius 3 is 2.29 bits per heavy atom. The lowest BCUT2D eigenvalue weighted by atomic mass is 10.1. The average Bonchev–Trinajstić information content (AvgIpc) is 2.77. The molecule has 0 aromatic heterocycles. The summed E-state index contributed by atoms with van der Waals surface area (Å²) in [5, 5.41) is 12.2. The Kier molecular flexibility index (Phi) is 8.69. The van der Waals surface area contributed by atoms with Gasteiger partial charge in [0.2, 0.25) is 0 Å². The number of nitriles is 1. The van der Waals surface area contributed by atoms with Crippen LogP contribution in [0.4, 0.5) is 0 Å². The number of nitrogens with one attached hydrogen (secondary N) is 1. The first-order valence-corrected chi connectivity index (χ1v) is 11.9. The minimum Gasteiger partial charge on any atom is -0.487 e. The lowest BCUT2D eigenvalue weighted by Crippen LogP contribution is -2.23. The van der Waals surface area contributed by atoms with Crippen LogP contribution >= 0.6 is 54.5 Å². The van der Waals surface area contributed by atoms with Gasteiger partial charge in [0, 0.05) is 10.1 Å². The van der Waals surface area contributed by atoms with Crippen molar-refractivity contribution in [3.8, 4) is 11.8 Å². The zero-order valence-electron chi connectivity index (χ0n) is 16.2. The minimum atomic E-state index is -0.419. The molecule has 0 saturated carbocycles. The molecule has 7 heteroatoms. The second kappa shape index (κ2) is 11.5. The van der Waals surface area contributed by atoms with E-state index < -0.39 is 5.91 Å². The van der Waals surface area contributed by atoms with E-state index in [-0.39, 0.29) is 5.57 Å². The standard InChI is InChI=1S/C24H17Br2IN2O2/c25-21-11-18(10-19(13-28)24(30)29-14-16-4-2-1-3-5-16)12-22(26)23(21)31-15-17-6-8-20(27)9-7-17/h1-12H,14-15H2,(H,29,30)/b19-10-. The molecular formula is C24H17Br2IN2O2. The molecule has 0 atom stereocenters. The van der Waals surface area contributed by atoms with Crippen LogP contribution in [0.3, 0.4) is 0 Å². The zero-order valence-corrected chi connectivity index (χ0v) is 21.6. The molecular weight excluding hydrogens is 635 g/mol. The van der Waals surface area contributed by atoms with Crippen molar-refractivity contribution in [1.29, 1.82) is 5.26 Å². The Balaban J connectivity index is 1.71. The molecule has 0 aliphatic heterocycles. The van der Waals surface area contributed by atoms with Crippen molar-refractivity contribution in [2.24, 2.45) is 0 Å². The van der Waals surface area contributed by atoms with Gasteiger partial charge in [-0.25, -0.2) is 0 Å². The molecule has 0 aliphatic carbocycles. The highest BCUT2D eigenvalue weighted by Crippen LogP contribution is 2.36. The van der Waals surface area contributed by atoms with E-state index in [1.807, 2.05) is 72.8 Å². The van der Waals surface area contributed by atoms with Crippen molar-refractivity contribution in [3.05, 3.63) is 102 Å². The predicted molar refractivity (Wildman–Crippen MR) is 137 cm³/mol. The molecule has 0 spiro atoms. The van der Waals surface area contributed by atoms with Crippen molar-refractivity contribution >= 4 is 66.4 Å². The summed E-state index contributed by atoms with van der Waals surface area (Å²) in [5.74, 6) is 0.236. The number of carbonyl (C=O) groups is 1. The van der Waals surface area contributed by atoms with Crippen LogP contribution in [0, 0.1) is 14.9 Å². The molecule has 0 aliphatic rings. The van der Waals surface area contributed by atoms with Crippen molar-refractivity contribution in [2.75, 3.05) is 0 Å². The summed E-state index contributed by atoms with van der Waals surface area (Å²) < 4.78 is 8.57. The van der Waals surface area contributed by atoms with Crippen molar-refractivity contribution in [3.63, 3.8) is 0 Å². The fraction of sp³-hybridized carbons (Fsp3) is 0.0833. The van der Waals surface area contributed by atoms with E-state index in [1.165, 1.54) is 3.57 Å². The van der Waals surface area contributed by atoms with Gasteiger partial charge in [0.1, 0.15) is 24.0 Å². The van der Waals surface area contributed by atoms with Crippen molar-refractivity contribution in [1.82, 2.24) is 5.32 Å². The van der Waals surface area contributed by atoms with Crippen LogP contribution in [-0.4, -0.2) is 5.91 Å². The maximum atomic E-state index is 12.4. The van der Waals surface area contributed by atoms with E-state index in [0.29, 0.717) is 24.5 Å². The van der Waals surface area contributed by atoms with Gasteiger partial charge in [-0.05, 0) is 101 Å². The van der Waals surface area contributed by atoms with Crippen LogP contribution in [0.2, 0.25) is 0 Å². The smallest absolute Gasteiger partial charge is 0.262 e. The predicted octanol–water partition coefficient (Wildman–Crippen LogP) is 6.62. The highest BCUT2D eigenvalue weighted by Gasteiger charge is 2.12. The van der Waals surface area contributed by atoms with Gasteiger partial charge in [0.25, 0.3) is 5.91 Å². The highest BCUT2D eigenvalue weighted by molar-refractivity contribution is 14.1. The van der Waals surface area contributed by atoms with E-state index in [1.54, 1.807) is 6.08 Å². The zero-order chi connectivity index (χ0) is 22.2. The minimum absolute atomic E-state index is 0.0299. The molecule has 3 rings (SSSR count). The summed E-state index contributed by atoms with van der Waals surface area (Å²) in [6, 6.07) is 23.3. The summed E-state index contributed by atoms with van der Waals surface area (Å²) in [6.07, 6.45) is 1.55. The number of rotatable bonds is 7. The second-order valence-electron chi connectivity index (χ2n) is 6.57. The summed E-state index contributed by atoms with van der Waals surface area (Å²) in [6.45, 7) is 0.784. The van der Waals surface area contributed by atoms with Gasteiger partial charge < -0.3 is 10.1 Å². The number of amides is 1. The summed E-state index contributed by atoms with van der Waals surface area (Å²) >= 11 is 9.31. The third-order valence-electron chi connectivity index (χ3n) is 4.29. The largest absolute Gasteiger partial charge is 0.487 e. The Labute approximate surface area is 211 Å². The van der Waals surface area contributed by atoms with Crippen molar-refractivity contribution in [2.45, 2.75) is 13.2 Å². The number of hydrogen-bond acceptors (Lipinski definition) is 3. The van der Waals surface area contributed by atoms with Crippen LogP contribution in [0.25, 0.3) is 6.08 Å². The van der Waals surface area contributed by atoms with Gasteiger partial charge in [-0.3, -0.25) is 4.79 Å². The lowest BCUT2D eigenvalue weighted by molar-refractivity contribution is -0.117. The molecule has 0 unspecified atom stereocenters. The number of nitrogens with zero attached hydrogens (tertiary/aromatic N) is 1. The van der Waals surface area contributed by atoms with Crippen molar-refractivity contribution < 1.29 is 9.53 Å². The first-order valence-electron chi connectivity index (χ1n) is 9.26. The quantitative estimate of drug-likeness (QED) is 0.178. The monoisotopic (exact) mass is 650 g/mol. The van der Waals surface area contributed by atoms with Gasteiger partial charge in [0.05, 0.1) is 8.95 Å². The topological polar surface area (TPSA) is 62.1 Å². The Bertz CT molecular complexity index is 1120. The molecule has 156 valence electrons. The van der Waals surface area contributed by atoms with Gasteiger partial charge in [-0.15, -0.1) is 0 Å². The lowest BCUT2D eigenvalue weighted by Gasteiger charge is -2.12. The fourth-order valence-corrected chi connectivity index (χ4v) is 4.54.